The molecule has 130 valence electrons. The van der Waals surface area contributed by atoms with Gasteiger partial charge in [-0.25, -0.2) is 9.36 Å². The van der Waals surface area contributed by atoms with Gasteiger partial charge in [0.25, 0.3) is 0 Å². The van der Waals surface area contributed by atoms with Gasteiger partial charge in [0.2, 0.25) is 0 Å². The number of ketones is 1. The first-order valence-electron chi connectivity index (χ1n) is 7.94. The van der Waals surface area contributed by atoms with Crippen LogP contribution < -0.4 is 0 Å². The van der Waals surface area contributed by atoms with Crippen molar-refractivity contribution >= 4 is 34.5 Å². The van der Waals surface area contributed by atoms with Crippen molar-refractivity contribution < 1.29 is 23.9 Å². The third kappa shape index (κ3) is 2.93. The van der Waals surface area contributed by atoms with Gasteiger partial charge in [-0.15, -0.1) is 0 Å². The van der Waals surface area contributed by atoms with E-state index in [-0.39, 0.29) is 24.3 Å². The molecule has 0 spiro atoms. The van der Waals surface area contributed by atoms with Crippen LogP contribution in [0.1, 0.15) is 24.1 Å². The van der Waals surface area contributed by atoms with E-state index < -0.39 is 12.1 Å². The van der Waals surface area contributed by atoms with Gasteiger partial charge in [-0.3, -0.25) is 14.6 Å². The van der Waals surface area contributed by atoms with Crippen LogP contribution in [0.25, 0.3) is 10.9 Å². The van der Waals surface area contributed by atoms with Crippen molar-refractivity contribution in [2.24, 2.45) is 4.99 Å². The second-order valence-electron chi connectivity index (χ2n) is 5.63. The fourth-order valence-electron chi connectivity index (χ4n) is 3.10. The minimum atomic E-state index is -0.576. The lowest BCUT2D eigenvalue weighted by Gasteiger charge is -2.15. The lowest BCUT2D eigenvalue weighted by atomic mass is 9.98. The first-order chi connectivity index (χ1) is 12.1. The zero-order valence-corrected chi connectivity index (χ0v) is 14.1. The maximum absolute atomic E-state index is 12.6. The third-order valence-corrected chi connectivity index (χ3v) is 4.24. The summed E-state index contributed by atoms with van der Waals surface area (Å²) in [6, 6.07) is 7.43. The highest BCUT2D eigenvalue weighted by Gasteiger charge is 2.30. The normalized spacial score (nSPS) is 13.1. The van der Waals surface area contributed by atoms with Crippen molar-refractivity contribution in [1.82, 2.24) is 4.57 Å². The summed E-state index contributed by atoms with van der Waals surface area (Å²) in [7, 11) is 2.57. The number of hydrogen-bond donors (Lipinski definition) is 0. The van der Waals surface area contributed by atoms with E-state index in [0.717, 1.165) is 10.9 Å². The van der Waals surface area contributed by atoms with Crippen molar-refractivity contribution in [3.05, 3.63) is 35.5 Å². The van der Waals surface area contributed by atoms with Gasteiger partial charge in [0, 0.05) is 18.4 Å². The Balaban J connectivity index is 2.09. The molecule has 0 unspecified atom stereocenters. The molecule has 1 aromatic heterocycles. The number of carbonyl (C=O) groups excluding carboxylic acids is 3. The molecule has 1 aromatic carbocycles. The van der Waals surface area contributed by atoms with Crippen LogP contribution in [0.15, 0.2) is 29.3 Å². The number of nitrogens with zero attached hydrogens (tertiary/aromatic N) is 2. The number of benzene rings is 1. The molecule has 0 atom stereocenters. The summed E-state index contributed by atoms with van der Waals surface area (Å²) < 4.78 is 10.9. The van der Waals surface area contributed by atoms with Gasteiger partial charge in [-0.2, -0.15) is 0 Å². The van der Waals surface area contributed by atoms with Crippen molar-refractivity contribution in [2.75, 3.05) is 20.8 Å². The molecule has 0 N–H and O–H groups in total. The Morgan fingerprint density at radius 3 is 2.60 bits per heavy atom. The van der Waals surface area contributed by atoms with Gasteiger partial charge < -0.3 is 9.47 Å². The number of ether oxygens (including phenoxy) is 2. The Bertz CT molecular complexity index is 894. The number of fused-ring (bicyclic) bond motifs is 3. The predicted octanol–water partition coefficient (Wildman–Crippen LogP) is 2.12. The van der Waals surface area contributed by atoms with E-state index in [1.54, 1.807) is 6.07 Å². The van der Waals surface area contributed by atoms with E-state index in [9.17, 15) is 14.4 Å². The molecule has 0 radical (unpaired) electrons. The minimum Gasteiger partial charge on any atom is -0.469 e. The highest BCUT2D eigenvalue weighted by atomic mass is 16.5. The second-order valence-corrected chi connectivity index (χ2v) is 5.63. The Morgan fingerprint density at radius 1 is 1.12 bits per heavy atom. The Morgan fingerprint density at radius 2 is 1.88 bits per heavy atom. The van der Waals surface area contributed by atoms with Gasteiger partial charge in [-0.05, 0) is 18.1 Å². The smallest absolute Gasteiger partial charge is 0.418 e. The summed E-state index contributed by atoms with van der Waals surface area (Å²) in [5, 5.41) is 0.899. The number of hydrogen-bond acceptors (Lipinski definition) is 6. The number of para-hydroxylation sites is 1. The molecule has 2 aromatic rings. The van der Waals surface area contributed by atoms with Crippen molar-refractivity contribution in [3.63, 3.8) is 0 Å². The molecular weight excluding hydrogens is 324 g/mol. The summed E-state index contributed by atoms with van der Waals surface area (Å²) in [4.78, 5) is 40.6. The average molecular weight is 342 g/mol. The number of methoxy groups -OCH3 is 2. The highest BCUT2D eigenvalue weighted by molar-refractivity contribution is 6.47. The van der Waals surface area contributed by atoms with Gasteiger partial charge in [0.05, 0.1) is 31.9 Å². The van der Waals surface area contributed by atoms with Crippen LogP contribution in [0.3, 0.4) is 0 Å². The van der Waals surface area contributed by atoms with E-state index in [1.807, 2.05) is 18.2 Å². The first kappa shape index (κ1) is 16.9. The Hall–Kier alpha value is -2.96. The molecule has 0 saturated carbocycles. The van der Waals surface area contributed by atoms with Crippen molar-refractivity contribution in [1.29, 1.82) is 0 Å². The molecule has 3 rings (SSSR count). The zero-order chi connectivity index (χ0) is 18.0. The summed E-state index contributed by atoms with van der Waals surface area (Å²) in [5.41, 5.74) is 2.26. The summed E-state index contributed by atoms with van der Waals surface area (Å²) in [5.74, 6) is -0.752. The fraction of sp³-hybridized carbons (Fsp3) is 0.333. The van der Waals surface area contributed by atoms with Crippen LogP contribution in [0.5, 0.6) is 0 Å². The number of Topliss-reactive ketones (excluding diaryl/α,β-unsaturated/α-hetero) is 1. The maximum Gasteiger partial charge on any atom is 0.418 e. The van der Waals surface area contributed by atoms with E-state index in [2.05, 4.69) is 9.73 Å². The van der Waals surface area contributed by atoms with Crippen LogP contribution in [0, 0.1) is 0 Å². The summed E-state index contributed by atoms with van der Waals surface area (Å²) in [6.45, 7) is 0.460. The van der Waals surface area contributed by atoms with E-state index >= 15 is 0 Å². The highest BCUT2D eigenvalue weighted by Crippen LogP contribution is 2.30. The fourth-order valence-corrected chi connectivity index (χ4v) is 3.10. The predicted molar refractivity (Wildman–Crippen MR) is 91.1 cm³/mol. The SMILES string of the molecule is COC(=O)CCC(=O)C1=NCCc2c1n(C(=O)OC)c1ccccc21. The van der Waals surface area contributed by atoms with Gasteiger partial charge in [0.15, 0.2) is 5.78 Å². The first-order valence-corrected chi connectivity index (χ1v) is 7.94. The topological polar surface area (TPSA) is 87.0 Å². The number of rotatable bonds is 4. The summed E-state index contributed by atoms with van der Waals surface area (Å²) in [6.07, 6.45) is 0.0106. The van der Waals surface area contributed by atoms with E-state index in [4.69, 9.17) is 4.74 Å². The molecule has 1 aliphatic heterocycles. The standard InChI is InChI=1S/C18H18N2O5/c1-24-15(22)8-7-14(21)16-17-12(9-10-19-16)11-5-3-4-6-13(11)20(17)18(23)25-2/h3-6H,7-10H2,1-2H3. The zero-order valence-electron chi connectivity index (χ0n) is 14.1. The van der Waals surface area contributed by atoms with Crippen LogP contribution in [0.4, 0.5) is 4.79 Å². The van der Waals surface area contributed by atoms with Crippen LogP contribution in [0.2, 0.25) is 0 Å². The minimum absolute atomic E-state index is 0.0202. The molecule has 0 bridgehead atoms. The molecule has 7 nitrogen and oxygen atoms in total. The molecule has 25 heavy (non-hydrogen) atoms. The van der Waals surface area contributed by atoms with E-state index in [0.29, 0.717) is 24.2 Å². The molecule has 0 amide bonds. The van der Waals surface area contributed by atoms with Crippen LogP contribution in [-0.4, -0.2) is 48.9 Å². The Labute approximate surface area is 144 Å². The molecule has 0 fully saturated rings. The van der Waals surface area contributed by atoms with E-state index in [1.165, 1.54) is 18.8 Å². The van der Waals surface area contributed by atoms with Crippen LogP contribution >= 0.6 is 0 Å². The van der Waals surface area contributed by atoms with Crippen molar-refractivity contribution in [3.8, 4) is 0 Å². The number of aromatic nitrogens is 1. The lowest BCUT2D eigenvalue weighted by Crippen LogP contribution is -2.27. The number of aliphatic imine (C=N–C) groups is 1. The second kappa shape index (κ2) is 6.88. The molecule has 2 heterocycles. The molecule has 1 aliphatic rings. The quantitative estimate of drug-likeness (QED) is 0.794. The van der Waals surface area contributed by atoms with Gasteiger partial charge >= 0.3 is 12.1 Å². The van der Waals surface area contributed by atoms with Gasteiger partial charge in [0.1, 0.15) is 5.71 Å². The third-order valence-electron chi connectivity index (χ3n) is 4.24. The Kier molecular flexibility index (Phi) is 4.65. The average Bonchev–Trinajstić information content (AvgIpc) is 2.99. The largest absolute Gasteiger partial charge is 0.469 e. The van der Waals surface area contributed by atoms with Crippen molar-refractivity contribution in [2.45, 2.75) is 19.3 Å². The van der Waals surface area contributed by atoms with Crippen LogP contribution in [-0.2, 0) is 25.5 Å². The number of carbonyl (C=O) groups is 3. The monoisotopic (exact) mass is 342 g/mol. The molecule has 7 heteroatoms. The molecule has 0 aliphatic carbocycles. The summed E-state index contributed by atoms with van der Waals surface area (Å²) >= 11 is 0. The van der Waals surface area contributed by atoms with Gasteiger partial charge in [-0.1, -0.05) is 18.2 Å². The lowest BCUT2D eigenvalue weighted by molar-refractivity contribution is -0.141. The molecule has 0 saturated heterocycles. The maximum atomic E-state index is 12.6. The molecular formula is C18H18N2O5. The number of esters is 1.